The Morgan fingerprint density at radius 1 is 1.31 bits per heavy atom. The zero-order valence-corrected chi connectivity index (χ0v) is 11.1. The summed E-state index contributed by atoms with van der Waals surface area (Å²) in [5.41, 5.74) is 5.72. The molecule has 4 nitrogen and oxygen atoms in total. The number of halogens is 1. The van der Waals surface area contributed by atoms with Crippen LogP contribution in [-0.4, -0.2) is 42.6 Å². The van der Waals surface area contributed by atoms with Gasteiger partial charge in [0.15, 0.2) is 0 Å². The van der Waals surface area contributed by atoms with Gasteiger partial charge in [-0.25, -0.2) is 4.98 Å². The lowest BCUT2D eigenvalue weighted by Crippen LogP contribution is -2.46. The van der Waals surface area contributed by atoms with Gasteiger partial charge in [-0.15, -0.1) is 0 Å². The first-order valence-corrected chi connectivity index (χ1v) is 6.39. The summed E-state index contributed by atoms with van der Waals surface area (Å²) in [6, 6.07) is 3.78. The van der Waals surface area contributed by atoms with E-state index in [0.717, 1.165) is 43.0 Å². The molecule has 1 aromatic heterocycles. The fourth-order valence-corrected chi connectivity index (χ4v) is 2.42. The summed E-state index contributed by atoms with van der Waals surface area (Å²) in [7, 11) is 0. The molecule has 1 aliphatic heterocycles. The monoisotopic (exact) mass is 284 g/mol. The van der Waals surface area contributed by atoms with Crippen molar-refractivity contribution in [1.82, 2.24) is 9.88 Å². The molecule has 88 valence electrons. The van der Waals surface area contributed by atoms with Crippen molar-refractivity contribution >= 4 is 27.6 Å². The normalized spacial score (nSPS) is 17.8. The average molecular weight is 285 g/mol. The third-order valence-electron chi connectivity index (χ3n) is 2.97. The van der Waals surface area contributed by atoms with Crippen molar-refractivity contribution in [3.8, 4) is 0 Å². The van der Waals surface area contributed by atoms with E-state index in [1.165, 1.54) is 0 Å². The van der Waals surface area contributed by atoms with Crippen molar-refractivity contribution in [1.29, 1.82) is 0 Å². The van der Waals surface area contributed by atoms with Gasteiger partial charge in [-0.3, -0.25) is 0 Å². The maximum Gasteiger partial charge on any atom is 0.145 e. The maximum atomic E-state index is 5.72. The van der Waals surface area contributed by atoms with Crippen LogP contribution < -0.4 is 10.6 Å². The second kappa shape index (κ2) is 5.01. The minimum absolute atomic E-state index is 0.580. The van der Waals surface area contributed by atoms with E-state index in [4.69, 9.17) is 5.73 Å². The molecule has 0 spiro atoms. The first-order valence-electron chi connectivity index (χ1n) is 5.60. The molecule has 1 aromatic rings. The van der Waals surface area contributed by atoms with Gasteiger partial charge < -0.3 is 15.5 Å². The topological polar surface area (TPSA) is 45.4 Å². The SMILES string of the molecule is CCN1CCN(c2nc(N)ccc2Br)CC1. The van der Waals surface area contributed by atoms with E-state index in [9.17, 15) is 0 Å². The van der Waals surface area contributed by atoms with Crippen molar-refractivity contribution in [2.45, 2.75) is 6.92 Å². The van der Waals surface area contributed by atoms with Gasteiger partial charge in [0.2, 0.25) is 0 Å². The zero-order chi connectivity index (χ0) is 11.5. The lowest BCUT2D eigenvalue weighted by Gasteiger charge is -2.35. The van der Waals surface area contributed by atoms with Crippen molar-refractivity contribution < 1.29 is 0 Å². The smallest absolute Gasteiger partial charge is 0.145 e. The van der Waals surface area contributed by atoms with Crippen LogP contribution in [0, 0.1) is 0 Å². The number of aromatic nitrogens is 1. The summed E-state index contributed by atoms with van der Waals surface area (Å²) < 4.78 is 1.02. The van der Waals surface area contributed by atoms with Crippen molar-refractivity contribution in [2.75, 3.05) is 43.4 Å². The Kier molecular flexibility index (Phi) is 3.66. The predicted octanol–water partition coefficient (Wildman–Crippen LogP) is 1.57. The number of hydrogen-bond acceptors (Lipinski definition) is 4. The lowest BCUT2D eigenvalue weighted by molar-refractivity contribution is 0.270. The van der Waals surface area contributed by atoms with Gasteiger partial charge in [-0.1, -0.05) is 6.92 Å². The molecule has 5 heteroatoms. The Hall–Kier alpha value is -0.810. The maximum absolute atomic E-state index is 5.72. The first-order chi connectivity index (χ1) is 7.70. The fourth-order valence-electron chi connectivity index (χ4n) is 1.94. The highest BCUT2D eigenvalue weighted by Crippen LogP contribution is 2.25. The summed E-state index contributed by atoms with van der Waals surface area (Å²) >= 11 is 3.52. The van der Waals surface area contributed by atoms with Gasteiger partial charge in [0, 0.05) is 26.2 Å². The number of piperazine rings is 1. The number of nitrogens with two attached hydrogens (primary N) is 1. The van der Waals surface area contributed by atoms with Crippen LogP contribution in [0.1, 0.15) is 6.92 Å². The number of rotatable bonds is 2. The van der Waals surface area contributed by atoms with Crippen LogP contribution in [0.25, 0.3) is 0 Å². The van der Waals surface area contributed by atoms with E-state index in [0.29, 0.717) is 5.82 Å². The van der Waals surface area contributed by atoms with Gasteiger partial charge in [0.1, 0.15) is 11.6 Å². The number of anilines is 2. The molecule has 0 saturated carbocycles. The first kappa shape index (κ1) is 11.7. The van der Waals surface area contributed by atoms with Gasteiger partial charge in [-0.2, -0.15) is 0 Å². The number of pyridine rings is 1. The summed E-state index contributed by atoms with van der Waals surface area (Å²) in [6.45, 7) is 7.55. The Bertz CT molecular complexity index is 361. The van der Waals surface area contributed by atoms with E-state index >= 15 is 0 Å². The molecule has 0 amide bonds. The zero-order valence-electron chi connectivity index (χ0n) is 9.49. The third kappa shape index (κ3) is 2.47. The van der Waals surface area contributed by atoms with Gasteiger partial charge in [0.25, 0.3) is 0 Å². The van der Waals surface area contributed by atoms with Crippen molar-refractivity contribution in [3.05, 3.63) is 16.6 Å². The number of nitrogen functional groups attached to an aromatic ring is 1. The molecule has 2 N–H and O–H groups in total. The van der Waals surface area contributed by atoms with Crippen LogP contribution in [0.15, 0.2) is 16.6 Å². The average Bonchev–Trinajstić information content (AvgIpc) is 2.32. The summed E-state index contributed by atoms with van der Waals surface area (Å²) in [5, 5.41) is 0. The second-order valence-corrected chi connectivity index (χ2v) is 4.82. The van der Waals surface area contributed by atoms with Gasteiger partial charge in [-0.05, 0) is 34.6 Å². The number of likely N-dealkylation sites (N-methyl/N-ethyl adjacent to an activating group) is 1. The second-order valence-electron chi connectivity index (χ2n) is 3.96. The molecule has 0 radical (unpaired) electrons. The van der Waals surface area contributed by atoms with Crippen LogP contribution in [0.3, 0.4) is 0 Å². The molecule has 0 aliphatic carbocycles. The molecule has 1 saturated heterocycles. The quantitative estimate of drug-likeness (QED) is 0.896. The molecule has 16 heavy (non-hydrogen) atoms. The molecule has 1 fully saturated rings. The van der Waals surface area contributed by atoms with Crippen molar-refractivity contribution in [2.24, 2.45) is 0 Å². The third-order valence-corrected chi connectivity index (χ3v) is 3.59. The van der Waals surface area contributed by atoms with E-state index in [-0.39, 0.29) is 0 Å². The molecule has 2 rings (SSSR count). The minimum atomic E-state index is 0.580. The van der Waals surface area contributed by atoms with E-state index in [1.807, 2.05) is 12.1 Å². The number of nitrogens with zero attached hydrogens (tertiary/aromatic N) is 3. The van der Waals surface area contributed by atoms with Gasteiger partial charge >= 0.3 is 0 Å². The largest absolute Gasteiger partial charge is 0.384 e. The molecule has 0 unspecified atom stereocenters. The molecule has 2 heterocycles. The Labute approximate surface area is 105 Å². The van der Waals surface area contributed by atoms with E-state index < -0.39 is 0 Å². The summed E-state index contributed by atoms with van der Waals surface area (Å²) in [4.78, 5) is 9.11. The Morgan fingerprint density at radius 3 is 2.62 bits per heavy atom. The minimum Gasteiger partial charge on any atom is -0.384 e. The van der Waals surface area contributed by atoms with Crippen LogP contribution in [-0.2, 0) is 0 Å². The standard InChI is InChI=1S/C11H17BrN4/c1-2-15-5-7-16(8-6-15)11-9(12)3-4-10(13)14-11/h3-4H,2,5-8H2,1H3,(H2,13,14). The fraction of sp³-hybridized carbons (Fsp3) is 0.545. The van der Waals surface area contributed by atoms with Crippen LogP contribution in [0.5, 0.6) is 0 Å². The number of hydrogen-bond donors (Lipinski definition) is 1. The highest BCUT2D eigenvalue weighted by atomic mass is 79.9. The Morgan fingerprint density at radius 2 is 2.00 bits per heavy atom. The predicted molar refractivity (Wildman–Crippen MR) is 70.7 cm³/mol. The van der Waals surface area contributed by atoms with Crippen molar-refractivity contribution in [3.63, 3.8) is 0 Å². The van der Waals surface area contributed by atoms with Crippen LogP contribution >= 0.6 is 15.9 Å². The molecular formula is C11H17BrN4. The molecule has 0 aromatic carbocycles. The Balaban J connectivity index is 2.10. The molecular weight excluding hydrogens is 268 g/mol. The molecule has 0 atom stereocenters. The van der Waals surface area contributed by atoms with E-state index in [1.54, 1.807) is 0 Å². The highest BCUT2D eigenvalue weighted by Gasteiger charge is 2.18. The highest BCUT2D eigenvalue weighted by molar-refractivity contribution is 9.10. The summed E-state index contributed by atoms with van der Waals surface area (Å²) in [5.74, 6) is 1.55. The summed E-state index contributed by atoms with van der Waals surface area (Å²) in [6.07, 6.45) is 0. The van der Waals surface area contributed by atoms with E-state index in [2.05, 4.69) is 37.6 Å². The molecule has 1 aliphatic rings. The molecule has 0 bridgehead atoms. The van der Waals surface area contributed by atoms with Crippen LogP contribution in [0.4, 0.5) is 11.6 Å². The van der Waals surface area contributed by atoms with Crippen LogP contribution in [0.2, 0.25) is 0 Å². The van der Waals surface area contributed by atoms with Gasteiger partial charge in [0.05, 0.1) is 4.47 Å². The lowest BCUT2D eigenvalue weighted by atomic mass is 10.3.